The maximum Gasteiger partial charge on any atom is 0.247 e. The second-order valence-electron chi connectivity index (χ2n) is 7.76. The first-order valence-corrected chi connectivity index (χ1v) is 9.90. The largest absolute Gasteiger partial charge is 0.376 e. The molecule has 25 heavy (non-hydrogen) atoms. The highest BCUT2D eigenvalue weighted by Gasteiger charge is 2.33. The van der Waals surface area contributed by atoms with Gasteiger partial charge in [0.2, 0.25) is 11.8 Å². The molecular formula is C19H35N3O3. The van der Waals surface area contributed by atoms with Crippen LogP contribution in [0.25, 0.3) is 0 Å². The normalized spacial score (nSPS) is 21.8. The van der Waals surface area contributed by atoms with Crippen LogP contribution in [0, 0.1) is 11.8 Å². The number of amides is 2. The molecule has 2 aliphatic rings. The molecule has 2 rings (SSSR count). The number of rotatable bonds is 7. The molecule has 2 fully saturated rings. The highest BCUT2D eigenvalue weighted by atomic mass is 16.5. The fourth-order valence-electron chi connectivity index (χ4n) is 3.52. The number of nitrogens with one attached hydrogen (secondary N) is 2. The molecule has 0 aromatic rings. The molecular weight excluding hydrogens is 318 g/mol. The number of nitrogens with zero attached hydrogens (tertiary/aromatic N) is 1. The average molecular weight is 354 g/mol. The summed E-state index contributed by atoms with van der Waals surface area (Å²) in [5, 5.41) is 6.18. The monoisotopic (exact) mass is 353 g/mol. The minimum absolute atomic E-state index is 0.0216. The summed E-state index contributed by atoms with van der Waals surface area (Å²) in [6, 6.07) is -0.600. The van der Waals surface area contributed by atoms with Gasteiger partial charge in [-0.25, -0.2) is 0 Å². The van der Waals surface area contributed by atoms with Crippen LogP contribution in [-0.2, 0) is 14.3 Å². The Kier molecular flexibility index (Phi) is 8.16. The average Bonchev–Trinajstić information content (AvgIpc) is 2.64. The molecule has 6 heteroatoms. The lowest BCUT2D eigenvalue weighted by molar-refractivity contribution is -0.142. The number of ether oxygens (including phenoxy) is 1. The molecule has 0 bridgehead atoms. The third-order valence-corrected chi connectivity index (χ3v) is 5.31. The second kappa shape index (κ2) is 10.1. The Morgan fingerprint density at radius 1 is 1.12 bits per heavy atom. The van der Waals surface area contributed by atoms with E-state index in [4.69, 9.17) is 4.74 Å². The van der Waals surface area contributed by atoms with E-state index in [9.17, 15) is 9.59 Å². The van der Waals surface area contributed by atoms with E-state index in [0.29, 0.717) is 25.6 Å². The van der Waals surface area contributed by atoms with Crippen molar-refractivity contribution in [2.24, 2.45) is 11.8 Å². The number of carbonyl (C=O) groups excluding carboxylic acids is 2. The minimum Gasteiger partial charge on any atom is -0.376 e. The van der Waals surface area contributed by atoms with Crippen LogP contribution in [0.2, 0.25) is 0 Å². The van der Waals surface area contributed by atoms with E-state index >= 15 is 0 Å². The first kappa shape index (κ1) is 20.2. The van der Waals surface area contributed by atoms with Crippen LogP contribution in [0.1, 0.15) is 52.9 Å². The molecule has 2 unspecified atom stereocenters. The van der Waals surface area contributed by atoms with Gasteiger partial charge in [-0.3, -0.25) is 9.59 Å². The van der Waals surface area contributed by atoms with Gasteiger partial charge in [0.15, 0.2) is 0 Å². The van der Waals surface area contributed by atoms with Crippen molar-refractivity contribution < 1.29 is 14.3 Å². The van der Waals surface area contributed by atoms with Gasteiger partial charge in [-0.15, -0.1) is 0 Å². The van der Waals surface area contributed by atoms with Gasteiger partial charge in [0.05, 0.1) is 6.10 Å². The lowest BCUT2D eigenvalue weighted by Crippen LogP contribution is -2.58. The van der Waals surface area contributed by atoms with E-state index in [2.05, 4.69) is 10.6 Å². The SMILES string of the molecule is CC(C)C(=O)NC(C(=O)N1CCNCC1)C(C)OCC1CCCCC1. The molecule has 1 heterocycles. The third kappa shape index (κ3) is 6.26. The van der Waals surface area contributed by atoms with Crippen LogP contribution in [0.4, 0.5) is 0 Å². The first-order chi connectivity index (χ1) is 12.0. The van der Waals surface area contributed by atoms with Crippen molar-refractivity contribution in [3.05, 3.63) is 0 Å². The molecule has 0 radical (unpaired) electrons. The van der Waals surface area contributed by atoms with Gasteiger partial charge in [-0.1, -0.05) is 33.1 Å². The highest BCUT2D eigenvalue weighted by molar-refractivity contribution is 5.88. The summed E-state index contributed by atoms with van der Waals surface area (Å²) in [6.07, 6.45) is 5.97. The topological polar surface area (TPSA) is 70.7 Å². The zero-order valence-corrected chi connectivity index (χ0v) is 16.1. The Morgan fingerprint density at radius 3 is 2.36 bits per heavy atom. The standard InChI is InChI=1S/C19H35N3O3/c1-14(2)18(23)21-17(19(24)22-11-9-20-10-12-22)15(3)25-13-16-7-5-4-6-8-16/h14-17,20H,4-13H2,1-3H3,(H,21,23). The van der Waals surface area contributed by atoms with Gasteiger partial charge in [-0.2, -0.15) is 0 Å². The molecule has 144 valence electrons. The van der Waals surface area contributed by atoms with E-state index < -0.39 is 6.04 Å². The Labute approximate surface area is 152 Å². The van der Waals surface area contributed by atoms with Crippen molar-refractivity contribution in [1.82, 2.24) is 15.5 Å². The van der Waals surface area contributed by atoms with Gasteiger partial charge in [-0.05, 0) is 25.7 Å². The van der Waals surface area contributed by atoms with Crippen molar-refractivity contribution >= 4 is 11.8 Å². The summed E-state index contributed by atoms with van der Waals surface area (Å²) >= 11 is 0. The summed E-state index contributed by atoms with van der Waals surface area (Å²) in [5.74, 6) is 0.323. The molecule has 1 saturated heterocycles. The highest BCUT2D eigenvalue weighted by Crippen LogP contribution is 2.24. The van der Waals surface area contributed by atoms with Crippen molar-refractivity contribution in [2.75, 3.05) is 32.8 Å². The zero-order chi connectivity index (χ0) is 18.2. The molecule has 1 saturated carbocycles. The predicted octanol–water partition coefficient (Wildman–Crippen LogP) is 1.54. The van der Waals surface area contributed by atoms with Crippen molar-refractivity contribution in [1.29, 1.82) is 0 Å². The third-order valence-electron chi connectivity index (χ3n) is 5.31. The van der Waals surface area contributed by atoms with Crippen LogP contribution in [-0.4, -0.2) is 61.6 Å². The lowest BCUT2D eigenvalue weighted by Gasteiger charge is -2.34. The van der Waals surface area contributed by atoms with Crippen LogP contribution < -0.4 is 10.6 Å². The van der Waals surface area contributed by atoms with Gasteiger partial charge >= 0.3 is 0 Å². The van der Waals surface area contributed by atoms with Gasteiger partial charge < -0.3 is 20.3 Å². The summed E-state index contributed by atoms with van der Waals surface area (Å²) in [7, 11) is 0. The zero-order valence-electron chi connectivity index (χ0n) is 16.1. The van der Waals surface area contributed by atoms with Crippen LogP contribution in [0.15, 0.2) is 0 Å². The molecule has 0 aromatic carbocycles. The lowest BCUT2D eigenvalue weighted by atomic mass is 9.90. The van der Waals surface area contributed by atoms with Crippen molar-refractivity contribution in [3.8, 4) is 0 Å². The van der Waals surface area contributed by atoms with E-state index in [-0.39, 0.29) is 23.8 Å². The number of carbonyl (C=O) groups is 2. The maximum atomic E-state index is 13.0. The fourth-order valence-corrected chi connectivity index (χ4v) is 3.52. The molecule has 1 aliphatic heterocycles. The Hall–Kier alpha value is -1.14. The van der Waals surface area contributed by atoms with Crippen molar-refractivity contribution in [2.45, 2.75) is 65.0 Å². The molecule has 2 N–H and O–H groups in total. The number of hydrogen-bond acceptors (Lipinski definition) is 4. The number of piperazine rings is 1. The summed E-state index contributed by atoms with van der Waals surface area (Å²) in [6.45, 7) is 9.25. The predicted molar refractivity (Wildman–Crippen MR) is 98.2 cm³/mol. The quantitative estimate of drug-likeness (QED) is 0.728. The molecule has 0 aromatic heterocycles. The van der Waals surface area contributed by atoms with Gasteiger partial charge in [0.25, 0.3) is 0 Å². The fraction of sp³-hybridized carbons (Fsp3) is 0.895. The van der Waals surface area contributed by atoms with E-state index in [1.165, 1.54) is 32.1 Å². The molecule has 6 nitrogen and oxygen atoms in total. The van der Waals surface area contributed by atoms with Crippen LogP contribution in [0.5, 0.6) is 0 Å². The maximum absolute atomic E-state index is 13.0. The van der Waals surface area contributed by atoms with E-state index in [1.807, 2.05) is 25.7 Å². The van der Waals surface area contributed by atoms with Crippen LogP contribution >= 0.6 is 0 Å². The summed E-state index contributed by atoms with van der Waals surface area (Å²) in [4.78, 5) is 27.0. The van der Waals surface area contributed by atoms with Crippen molar-refractivity contribution in [3.63, 3.8) is 0 Å². The van der Waals surface area contributed by atoms with E-state index in [0.717, 1.165) is 13.1 Å². The molecule has 2 amide bonds. The van der Waals surface area contributed by atoms with Gasteiger partial charge in [0.1, 0.15) is 6.04 Å². The van der Waals surface area contributed by atoms with Crippen LogP contribution in [0.3, 0.4) is 0 Å². The van der Waals surface area contributed by atoms with Gasteiger partial charge in [0, 0.05) is 38.7 Å². The summed E-state index contributed by atoms with van der Waals surface area (Å²) in [5.41, 5.74) is 0. The molecule has 1 aliphatic carbocycles. The van der Waals surface area contributed by atoms with E-state index in [1.54, 1.807) is 0 Å². The Balaban J connectivity index is 1.95. The Bertz CT molecular complexity index is 430. The first-order valence-electron chi connectivity index (χ1n) is 9.90. The Morgan fingerprint density at radius 2 is 1.76 bits per heavy atom. The molecule has 2 atom stereocenters. The smallest absolute Gasteiger partial charge is 0.247 e. The second-order valence-corrected chi connectivity index (χ2v) is 7.76. The molecule has 0 spiro atoms. The minimum atomic E-state index is -0.600. The number of hydrogen-bond donors (Lipinski definition) is 2. The summed E-state index contributed by atoms with van der Waals surface area (Å²) < 4.78 is 6.06.